The molecular formula is C8H10N4O5. The van der Waals surface area contributed by atoms with E-state index in [9.17, 15) is 14.9 Å². The molecule has 1 aromatic heterocycles. The van der Waals surface area contributed by atoms with Gasteiger partial charge in [-0.2, -0.15) is 4.98 Å². The third kappa shape index (κ3) is 3.00. The van der Waals surface area contributed by atoms with Crippen LogP contribution in [0, 0.1) is 10.1 Å². The number of nitrogens with zero attached hydrogens (tertiary/aromatic N) is 3. The van der Waals surface area contributed by atoms with Gasteiger partial charge in [0.25, 0.3) is 5.88 Å². The number of ether oxygens (including phenoxy) is 2. The first-order valence-electron chi connectivity index (χ1n) is 4.44. The fourth-order valence-corrected chi connectivity index (χ4v) is 1.03. The lowest BCUT2D eigenvalue weighted by Gasteiger charge is -2.06. The van der Waals surface area contributed by atoms with Crippen molar-refractivity contribution in [2.75, 3.05) is 26.1 Å². The van der Waals surface area contributed by atoms with E-state index in [2.05, 4.69) is 20.0 Å². The van der Waals surface area contributed by atoms with Crippen molar-refractivity contribution in [1.29, 1.82) is 0 Å². The van der Waals surface area contributed by atoms with E-state index in [1.54, 1.807) is 0 Å². The molecule has 1 rings (SSSR count). The summed E-state index contributed by atoms with van der Waals surface area (Å²) in [7, 11) is 2.46. The molecule has 0 saturated heterocycles. The van der Waals surface area contributed by atoms with Gasteiger partial charge in [-0.05, 0) is 0 Å². The van der Waals surface area contributed by atoms with Crippen LogP contribution in [0.25, 0.3) is 0 Å². The summed E-state index contributed by atoms with van der Waals surface area (Å²) >= 11 is 0. The first kappa shape index (κ1) is 12.6. The maximum atomic E-state index is 10.9. The van der Waals surface area contributed by atoms with Gasteiger partial charge in [0.15, 0.2) is 0 Å². The van der Waals surface area contributed by atoms with Crippen LogP contribution in [0.15, 0.2) is 6.33 Å². The van der Waals surface area contributed by atoms with Gasteiger partial charge in [-0.15, -0.1) is 0 Å². The topological polar surface area (TPSA) is 116 Å². The maximum absolute atomic E-state index is 10.9. The Hall–Kier alpha value is -2.45. The normalized spacial score (nSPS) is 9.53. The Morgan fingerprint density at radius 2 is 2.24 bits per heavy atom. The lowest BCUT2D eigenvalue weighted by molar-refractivity contribution is -0.385. The van der Waals surface area contributed by atoms with Crippen molar-refractivity contribution in [3.63, 3.8) is 0 Å². The van der Waals surface area contributed by atoms with E-state index in [1.807, 2.05) is 0 Å². The van der Waals surface area contributed by atoms with Crippen molar-refractivity contribution in [2.24, 2.45) is 0 Å². The average Bonchev–Trinajstić information content (AvgIpc) is 2.34. The summed E-state index contributed by atoms with van der Waals surface area (Å²) in [5.74, 6) is -0.860. The van der Waals surface area contributed by atoms with Gasteiger partial charge >= 0.3 is 11.7 Å². The summed E-state index contributed by atoms with van der Waals surface area (Å²) in [6.07, 6.45) is 1.09. The number of carbonyl (C=O) groups excluding carboxylic acids is 1. The van der Waals surface area contributed by atoms with Gasteiger partial charge < -0.3 is 14.8 Å². The van der Waals surface area contributed by atoms with E-state index in [-0.39, 0.29) is 18.2 Å². The quantitative estimate of drug-likeness (QED) is 0.435. The van der Waals surface area contributed by atoms with Crippen LogP contribution < -0.4 is 10.1 Å². The summed E-state index contributed by atoms with van der Waals surface area (Å²) in [6, 6.07) is 0. The van der Waals surface area contributed by atoms with Gasteiger partial charge in [-0.3, -0.25) is 14.9 Å². The molecule has 0 aliphatic heterocycles. The van der Waals surface area contributed by atoms with Gasteiger partial charge in [0.2, 0.25) is 5.82 Å². The molecule has 17 heavy (non-hydrogen) atoms. The van der Waals surface area contributed by atoms with Gasteiger partial charge in [-0.25, -0.2) is 4.98 Å². The molecular weight excluding hydrogens is 232 g/mol. The monoisotopic (exact) mass is 242 g/mol. The zero-order valence-electron chi connectivity index (χ0n) is 9.17. The van der Waals surface area contributed by atoms with Crippen LogP contribution in [-0.4, -0.2) is 41.6 Å². The van der Waals surface area contributed by atoms with E-state index in [0.29, 0.717) is 0 Å². The smallest absolute Gasteiger partial charge is 0.372 e. The predicted molar refractivity (Wildman–Crippen MR) is 55.7 cm³/mol. The zero-order chi connectivity index (χ0) is 12.8. The molecule has 9 nitrogen and oxygen atoms in total. The predicted octanol–water partition coefficient (Wildman–Crippen LogP) is -0.0217. The van der Waals surface area contributed by atoms with E-state index >= 15 is 0 Å². The van der Waals surface area contributed by atoms with E-state index in [1.165, 1.54) is 14.2 Å². The van der Waals surface area contributed by atoms with Crippen molar-refractivity contribution in [2.45, 2.75) is 0 Å². The third-order valence-electron chi connectivity index (χ3n) is 1.79. The van der Waals surface area contributed by atoms with Crippen LogP contribution in [0.3, 0.4) is 0 Å². The largest absolute Gasteiger partial charge is 0.476 e. The number of aromatic nitrogens is 2. The van der Waals surface area contributed by atoms with Crippen molar-refractivity contribution >= 4 is 17.5 Å². The molecule has 92 valence electrons. The number of rotatable bonds is 5. The number of nitrogens with one attached hydrogen (secondary N) is 1. The SMILES string of the molecule is COC(=O)CNc1ncnc(OC)c1[N+](=O)[O-]. The first-order valence-corrected chi connectivity index (χ1v) is 4.44. The molecule has 0 radical (unpaired) electrons. The molecule has 0 saturated carbocycles. The number of esters is 1. The fraction of sp³-hybridized carbons (Fsp3) is 0.375. The summed E-state index contributed by atoms with van der Waals surface area (Å²) < 4.78 is 9.11. The van der Waals surface area contributed by atoms with Gasteiger partial charge in [0, 0.05) is 0 Å². The number of nitro groups is 1. The average molecular weight is 242 g/mol. The second kappa shape index (κ2) is 5.58. The van der Waals surface area contributed by atoms with Crippen molar-refractivity contribution in [3.8, 4) is 5.88 Å². The highest BCUT2D eigenvalue weighted by molar-refractivity contribution is 5.76. The summed E-state index contributed by atoms with van der Waals surface area (Å²) in [6.45, 7) is -0.239. The zero-order valence-corrected chi connectivity index (χ0v) is 9.17. The Labute approximate surface area is 95.9 Å². The molecule has 9 heteroatoms. The van der Waals surface area contributed by atoms with E-state index in [0.717, 1.165) is 6.33 Å². The van der Waals surface area contributed by atoms with Crippen LogP contribution in [0.2, 0.25) is 0 Å². The first-order chi connectivity index (χ1) is 8.10. The Bertz CT molecular complexity index is 436. The van der Waals surface area contributed by atoms with Gasteiger partial charge in [-0.1, -0.05) is 0 Å². The van der Waals surface area contributed by atoms with Crippen LogP contribution in [0.5, 0.6) is 5.88 Å². The van der Waals surface area contributed by atoms with Crippen molar-refractivity contribution in [3.05, 3.63) is 16.4 Å². The molecule has 1 heterocycles. The number of methoxy groups -OCH3 is 2. The Balaban J connectivity index is 2.98. The van der Waals surface area contributed by atoms with E-state index < -0.39 is 16.6 Å². The standard InChI is InChI=1S/C8H10N4O5/c1-16-5(13)3-9-7-6(12(14)15)8(17-2)11-4-10-7/h4H,3H2,1-2H3,(H,9,10,11). The van der Waals surface area contributed by atoms with E-state index in [4.69, 9.17) is 4.74 Å². The molecule has 0 fully saturated rings. The number of hydrogen-bond donors (Lipinski definition) is 1. The molecule has 0 aliphatic rings. The highest BCUT2D eigenvalue weighted by atomic mass is 16.6. The summed E-state index contributed by atoms with van der Waals surface area (Å²) in [4.78, 5) is 28.3. The second-order valence-electron chi connectivity index (χ2n) is 2.77. The van der Waals surface area contributed by atoms with Gasteiger partial charge in [0.1, 0.15) is 12.9 Å². The molecule has 0 aromatic carbocycles. The highest BCUT2D eigenvalue weighted by Gasteiger charge is 2.24. The van der Waals surface area contributed by atoms with Crippen LogP contribution in [-0.2, 0) is 9.53 Å². The minimum Gasteiger partial charge on any atom is -0.476 e. The van der Waals surface area contributed by atoms with Crippen molar-refractivity contribution < 1.29 is 19.2 Å². The Morgan fingerprint density at radius 1 is 1.53 bits per heavy atom. The Morgan fingerprint density at radius 3 is 2.76 bits per heavy atom. The summed E-state index contributed by atoms with van der Waals surface area (Å²) in [5, 5.41) is 13.3. The van der Waals surface area contributed by atoms with Crippen LogP contribution >= 0.6 is 0 Å². The molecule has 1 N–H and O–H groups in total. The van der Waals surface area contributed by atoms with Crippen molar-refractivity contribution in [1.82, 2.24) is 9.97 Å². The Kier molecular flexibility index (Phi) is 4.14. The highest BCUT2D eigenvalue weighted by Crippen LogP contribution is 2.29. The lowest BCUT2D eigenvalue weighted by atomic mass is 10.4. The molecule has 0 bridgehead atoms. The molecule has 0 atom stereocenters. The molecule has 0 spiro atoms. The number of anilines is 1. The minimum atomic E-state index is -0.696. The molecule has 0 aliphatic carbocycles. The minimum absolute atomic E-state index is 0.104. The van der Waals surface area contributed by atoms with Crippen LogP contribution in [0.4, 0.5) is 11.5 Å². The fourth-order valence-electron chi connectivity index (χ4n) is 1.03. The molecule has 1 aromatic rings. The number of carbonyl (C=O) groups is 1. The van der Waals surface area contributed by atoms with Gasteiger partial charge in [0.05, 0.1) is 19.1 Å². The maximum Gasteiger partial charge on any atom is 0.372 e. The summed E-state index contributed by atoms with van der Waals surface area (Å²) in [5.41, 5.74) is -0.432. The van der Waals surface area contributed by atoms with Crippen LogP contribution in [0.1, 0.15) is 0 Å². The molecule has 0 amide bonds. The molecule has 0 unspecified atom stereocenters. The number of hydrogen-bond acceptors (Lipinski definition) is 8. The third-order valence-corrected chi connectivity index (χ3v) is 1.79. The second-order valence-corrected chi connectivity index (χ2v) is 2.77. The lowest BCUT2D eigenvalue weighted by Crippen LogP contribution is -2.17.